The number of phenols is 1. The van der Waals surface area contributed by atoms with E-state index in [1.165, 1.54) is 12.7 Å². The summed E-state index contributed by atoms with van der Waals surface area (Å²) in [7, 11) is 1.35. The molecule has 0 aliphatic carbocycles. The highest BCUT2D eigenvalue weighted by atomic mass is 16.5. The molecule has 1 N–H and O–H groups in total. The highest BCUT2D eigenvalue weighted by Crippen LogP contribution is 2.36. The number of methoxy groups -OCH3 is 1. The normalized spacial score (nSPS) is 18.2. The topological polar surface area (TPSA) is 91.9 Å². The maximum Gasteiger partial charge on any atom is 0.337 e. The van der Waals surface area contributed by atoms with Crippen LogP contribution in [0.15, 0.2) is 108 Å². The van der Waals surface area contributed by atoms with Gasteiger partial charge < -0.3 is 14.3 Å². The molecule has 0 bridgehead atoms. The number of piperazine rings is 1. The molecule has 5 aromatic rings. The van der Waals surface area contributed by atoms with Crippen LogP contribution in [0.5, 0.6) is 5.75 Å². The molecular formula is C36H36N4O4. The van der Waals surface area contributed by atoms with Gasteiger partial charge in [-0.2, -0.15) is 0 Å². The largest absolute Gasteiger partial charge is 0.508 e. The van der Waals surface area contributed by atoms with Gasteiger partial charge in [0.05, 0.1) is 18.7 Å². The highest BCUT2D eigenvalue weighted by molar-refractivity contribution is 5.89. The average molecular weight is 589 g/mol. The molecule has 0 amide bonds. The van der Waals surface area contributed by atoms with E-state index in [-0.39, 0.29) is 17.8 Å². The Bertz CT molecular complexity index is 1700. The Labute approximate surface area is 257 Å². The molecule has 44 heavy (non-hydrogen) atoms. The summed E-state index contributed by atoms with van der Waals surface area (Å²) in [5.74, 6) is 0.638. The van der Waals surface area contributed by atoms with Gasteiger partial charge in [0.1, 0.15) is 5.75 Å². The molecular weight excluding hydrogens is 552 g/mol. The van der Waals surface area contributed by atoms with Crippen molar-refractivity contribution in [3.63, 3.8) is 0 Å². The number of carbonyl (C=O) groups excluding carboxylic acids is 1. The number of nitrogens with zero attached hydrogens (tertiary/aromatic N) is 4. The van der Waals surface area contributed by atoms with Crippen molar-refractivity contribution in [3.8, 4) is 28.7 Å². The van der Waals surface area contributed by atoms with E-state index in [0.29, 0.717) is 29.0 Å². The van der Waals surface area contributed by atoms with Gasteiger partial charge >= 0.3 is 5.97 Å². The number of phenolic OH excluding ortho intramolecular Hbond substituents is 1. The van der Waals surface area contributed by atoms with Crippen molar-refractivity contribution >= 4 is 5.97 Å². The lowest BCUT2D eigenvalue weighted by Crippen LogP contribution is -2.56. The third-order valence-electron chi connectivity index (χ3n) is 8.36. The van der Waals surface area contributed by atoms with Gasteiger partial charge in [-0.1, -0.05) is 54.6 Å². The smallest absolute Gasteiger partial charge is 0.337 e. The van der Waals surface area contributed by atoms with Crippen LogP contribution in [0.3, 0.4) is 0 Å². The number of ether oxygens (including phenoxy) is 1. The molecule has 1 fully saturated rings. The SMILES string of the molecule is COC(=O)c1ccc(-c2nnc(-c3ccc([C@H](c4cccc(O)c4)N4C[C@@H](C)N(Cc5ccccc5)C[C@@H]4C)cc3)o2)cc1. The van der Waals surface area contributed by atoms with Crippen LogP contribution in [0, 0.1) is 0 Å². The molecule has 1 saturated heterocycles. The zero-order chi connectivity index (χ0) is 30.6. The minimum atomic E-state index is -0.398. The fourth-order valence-corrected chi connectivity index (χ4v) is 6.02. The van der Waals surface area contributed by atoms with E-state index in [1.807, 2.05) is 24.3 Å². The van der Waals surface area contributed by atoms with E-state index in [0.717, 1.165) is 36.3 Å². The number of benzene rings is 4. The molecule has 1 aliphatic rings. The minimum Gasteiger partial charge on any atom is -0.508 e. The van der Waals surface area contributed by atoms with Gasteiger partial charge in [-0.25, -0.2) is 4.79 Å². The summed E-state index contributed by atoms with van der Waals surface area (Å²) in [4.78, 5) is 16.8. The minimum absolute atomic E-state index is 0.0425. The summed E-state index contributed by atoms with van der Waals surface area (Å²) in [5, 5.41) is 18.9. The van der Waals surface area contributed by atoms with Crippen molar-refractivity contribution in [1.29, 1.82) is 0 Å². The Balaban J connectivity index is 1.24. The molecule has 8 heteroatoms. The first-order chi connectivity index (χ1) is 21.4. The average Bonchev–Trinajstić information content (AvgIpc) is 3.54. The van der Waals surface area contributed by atoms with Gasteiger partial charge in [-0.15, -0.1) is 10.2 Å². The zero-order valence-electron chi connectivity index (χ0n) is 25.1. The number of aromatic nitrogens is 2. The van der Waals surface area contributed by atoms with Gasteiger partial charge in [-0.05, 0) is 79.1 Å². The molecule has 3 atom stereocenters. The molecule has 0 unspecified atom stereocenters. The predicted molar refractivity (Wildman–Crippen MR) is 169 cm³/mol. The van der Waals surface area contributed by atoms with E-state index in [9.17, 15) is 9.90 Å². The highest BCUT2D eigenvalue weighted by Gasteiger charge is 2.35. The van der Waals surface area contributed by atoms with Crippen LogP contribution in [0.2, 0.25) is 0 Å². The predicted octanol–water partition coefficient (Wildman–Crippen LogP) is 6.58. The van der Waals surface area contributed by atoms with Crippen LogP contribution in [0.4, 0.5) is 0 Å². The third-order valence-corrected chi connectivity index (χ3v) is 8.36. The molecule has 1 aromatic heterocycles. The first kappa shape index (κ1) is 29.3. The van der Waals surface area contributed by atoms with E-state index in [4.69, 9.17) is 9.15 Å². The van der Waals surface area contributed by atoms with Crippen LogP contribution in [-0.2, 0) is 11.3 Å². The van der Waals surface area contributed by atoms with Crippen LogP contribution >= 0.6 is 0 Å². The molecule has 0 saturated carbocycles. The van der Waals surface area contributed by atoms with Crippen LogP contribution in [0.1, 0.15) is 46.9 Å². The number of aromatic hydroxyl groups is 1. The van der Waals surface area contributed by atoms with Gasteiger partial charge in [0.25, 0.3) is 0 Å². The van der Waals surface area contributed by atoms with Crippen molar-refractivity contribution < 1.29 is 19.1 Å². The number of hydrogen-bond donors (Lipinski definition) is 1. The van der Waals surface area contributed by atoms with Crippen molar-refractivity contribution in [3.05, 3.63) is 125 Å². The molecule has 8 nitrogen and oxygen atoms in total. The number of carbonyl (C=O) groups is 1. The quantitative estimate of drug-likeness (QED) is 0.203. The van der Waals surface area contributed by atoms with Crippen LogP contribution in [0.25, 0.3) is 22.9 Å². The van der Waals surface area contributed by atoms with E-state index in [2.05, 4.69) is 82.4 Å². The second-order valence-electron chi connectivity index (χ2n) is 11.4. The number of rotatable bonds is 8. The van der Waals surface area contributed by atoms with E-state index in [1.54, 1.807) is 30.3 Å². The van der Waals surface area contributed by atoms with Gasteiger partial charge in [0, 0.05) is 42.8 Å². The fourth-order valence-electron chi connectivity index (χ4n) is 6.02. The Morgan fingerprint density at radius 3 is 2.14 bits per heavy atom. The fraction of sp³-hybridized carbons (Fsp3) is 0.250. The van der Waals surface area contributed by atoms with Crippen molar-refractivity contribution in [1.82, 2.24) is 20.0 Å². The van der Waals surface area contributed by atoms with Crippen LogP contribution in [-0.4, -0.2) is 63.4 Å². The second kappa shape index (κ2) is 12.8. The summed E-state index contributed by atoms with van der Waals surface area (Å²) in [6.07, 6.45) is 0. The Hall–Kier alpha value is -4.79. The molecule has 4 aromatic carbocycles. The summed E-state index contributed by atoms with van der Waals surface area (Å²) in [5.41, 5.74) is 5.46. The van der Waals surface area contributed by atoms with E-state index < -0.39 is 5.97 Å². The molecule has 224 valence electrons. The molecule has 1 aliphatic heterocycles. The van der Waals surface area contributed by atoms with E-state index >= 15 is 0 Å². The summed E-state index contributed by atoms with van der Waals surface area (Å²) in [6.45, 7) is 7.33. The second-order valence-corrected chi connectivity index (χ2v) is 11.4. The first-order valence-corrected chi connectivity index (χ1v) is 14.8. The first-order valence-electron chi connectivity index (χ1n) is 14.8. The van der Waals surface area contributed by atoms with Gasteiger partial charge in [0.15, 0.2) is 0 Å². The third kappa shape index (κ3) is 6.27. The Morgan fingerprint density at radius 2 is 1.50 bits per heavy atom. The maximum atomic E-state index is 11.8. The summed E-state index contributed by atoms with van der Waals surface area (Å²) in [6, 6.07) is 33.9. The summed E-state index contributed by atoms with van der Waals surface area (Å²) < 4.78 is 10.8. The Kier molecular flexibility index (Phi) is 8.54. The molecule has 0 radical (unpaired) electrons. The van der Waals surface area contributed by atoms with Gasteiger partial charge in [-0.3, -0.25) is 9.80 Å². The Morgan fingerprint density at radius 1 is 0.841 bits per heavy atom. The molecule has 0 spiro atoms. The lowest BCUT2D eigenvalue weighted by molar-refractivity contribution is 0.0195. The molecule has 2 heterocycles. The lowest BCUT2D eigenvalue weighted by atomic mass is 9.92. The molecule has 6 rings (SSSR count). The standard InChI is InChI=1S/C36H36N4O4/c1-24-22-40(25(2)21-39(24)23-26-8-5-4-6-9-26)33(31-10-7-11-32(41)20-31)27-12-14-28(15-13-27)34-37-38-35(44-34)29-16-18-30(19-17-29)36(42)43-3/h4-20,24-25,33,41H,21-23H2,1-3H3/t24-,25+,33-/m1/s1. The van der Waals surface area contributed by atoms with Gasteiger partial charge in [0.2, 0.25) is 11.8 Å². The number of esters is 1. The van der Waals surface area contributed by atoms with Crippen molar-refractivity contribution in [2.75, 3.05) is 20.2 Å². The monoisotopic (exact) mass is 588 g/mol. The maximum absolute atomic E-state index is 11.8. The van der Waals surface area contributed by atoms with Crippen molar-refractivity contribution in [2.45, 2.75) is 38.5 Å². The zero-order valence-corrected chi connectivity index (χ0v) is 25.1. The summed E-state index contributed by atoms with van der Waals surface area (Å²) >= 11 is 0. The van der Waals surface area contributed by atoms with Crippen LogP contribution < -0.4 is 0 Å². The lowest BCUT2D eigenvalue weighted by Gasteiger charge is -2.47. The van der Waals surface area contributed by atoms with Crippen molar-refractivity contribution in [2.24, 2.45) is 0 Å². The number of hydrogen-bond acceptors (Lipinski definition) is 8.